The molecule has 1 aliphatic rings. The number of halogens is 1. The number of carbonyl (C=O) groups excluding carboxylic acids is 1. The average Bonchev–Trinajstić information content (AvgIpc) is 3.00. The van der Waals surface area contributed by atoms with Crippen LogP contribution < -0.4 is 5.46 Å². The molecule has 122 valence electrons. The van der Waals surface area contributed by atoms with E-state index in [9.17, 15) is 9.18 Å². The molecule has 2 nitrogen and oxygen atoms in total. The summed E-state index contributed by atoms with van der Waals surface area (Å²) in [7, 11) is 0.500. The van der Waals surface area contributed by atoms with Crippen LogP contribution in [0.15, 0.2) is 48.5 Å². The van der Waals surface area contributed by atoms with Gasteiger partial charge in [-0.1, -0.05) is 69.2 Å². The Balaban J connectivity index is 0.000000615. The number of Topliss-reactive ketones (excluding diaryl/α,β-unsaturated/α-hetero) is 1. The fourth-order valence-electron chi connectivity index (χ4n) is 2.48. The second-order valence-electron chi connectivity index (χ2n) is 4.95. The maximum Gasteiger partial charge on any atom is 0.324 e. The van der Waals surface area contributed by atoms with Crippen LogP contribution in [0.4, 0.5) is 4.39 Å². The summed E-state index contributed by atoms with van der Waals surface area (Å²) < 4.78 is 15.1. The lowest BCUT2D eigenvalue weighted by Gasteiger charge is -2.05. The first-order chi connectivity index (χ1) is 11.2. The number of ketones is 1. The largest absolute Gasteiger partial charge is 0.427 e. The van der Waals surface area contributed by atoms with Gasteiger partial charge in [0.05, 0.1) is 13.8 Å². The molecule has 0 N–H and O–H groups in total. The molecule has 1 heterocycles. The summed E-state index contributed by atoms with van der Waals surface area (Å²) in [5, 5.41) is 0. The second-order valence-corrected chi connectivity index (χ2v) is 4.95. The zero-order chi connectivity index (χ0) is 17.2. The molecule has 0 saturated carbocycles. The van der Waals surface area contributed by atoms with Gasteiger partial charge in [-0.25, -0.2) is 0 Å². The Morgan fingerprint density at radius 3 is 2.43 bits per heavy atom. The normalized spacial score (nSPS) is 11.6. The van der Waals surface area contributed by atoms with E-state index >= 15 is 0 Å². The zero-order valence-corrected chi connectivity index (χ0v) is 14.3. The van der Waals surface area contributed by atoms with Crippen molar-refractivity contribution in [2.45, 2.75) is 33.7 Å². The summed E-state index contributed by atoms with van der Waals surface area (Å²) in [6.07, 6.45) is 0.448. The first-order valence-electron chi connectivity index (χ1n) is 7.93. The Morgan fingerprint density at radius 2 is 1.78 bits per heavy atom. The van der Waals surface area contributed by atoms with E-state index in [4.69, 9.17) is 4.65 Å². The standard InChI is InChI=1S/C16H15BO2.C2H6.CH3F/c1-17-15-9-12(7-8-14(15)11-19-17)10-16(18)13-5-3-2-4-6-13;2*1-2/h2-9H,10-11H2,1H3;1-2H3;1H3. The lowest BCUT2D eigenvalue weighted by Crippen LogP contribution is -2.24. The molecule has 0 bridgehead atoms. The van der Waals surface area contributed by atoms with Crippen molar-refractivity contribution in [2.24, 2.45) is 0 Å². The Hall–Kier alpha value is -1.94. The monoisotopic (exact) mass is 314 g/mol. The predicted octanol–water partition coefficient (Wildman–Crippen LogP) is 4.08. The summed E-state index contributed by atoms with van der Waals surface area (Å²) in [6, 6.07) is 15.6. The fourth-order valence-corrected chi connectivity index (χ4v) is 2.48. The zero-order valence-electron chi connectivity index (χ0n) is 14.3. The molecular weight excluding hydrogens is 290 g/mol. The van der Waals surface area contributed by atoms with Gasteiger partial charge in [-0.15, -0.1) is 0 Å². The van der Waals surface area contributed by atoms with Crippen LogP contribution in [0.5, 0.6) is 0 Å². The van der Waals surface area contributed by atoms with E-state index < -0.39 is 0 Å². The van der Waals surface area contributed by atoms with Gasteiger partial charge in [-0.3, -0.25) is 9.18 Å². The van der Waals surface area contributed by atoms with Crippen molar-refractivity contribution in [2.75, 3.05) is 7.18 Å². The van der Waals surface area contributed by atoms with E-state index in [1.54, 1.807) is 0 Å². The molecule has 0 spiro atoms. The highest BCUT2D eigenvalue weighted by atomic mass is 19.1. The number of fused-ring (bicyclic) bond motifs is 1. The van der Waals surface area contributed by atoms with Crippen LogP contribution in [-0.2, 0) is 17.7 Å². The predicted molar refractivity (Wildman–Crippen MR) is 95.3 cm³/mol. The number of rotatable bonds is 3. The molecule has 0 aliphatic carbocycles. The number of hydrogen-bond acceptors (Lipinski definition) is 2. The SMILES string of the molecule is CB1OCc2ccc(CC(=O)c3ccccc3)cc21.CC.CF. The molecule has 0 saturated heterocycles. The molecule has 3 rings (SSSR count). The molecule has 1 aliphatic heterocycles. The van der Waals surface area contributed by atoms with E-state index in [1.807, 2.05) is 50.2 Å². The van der Waals surface area contributed by atoms with E-state index in [0.29, 0.717) is 20.2 Å². The van der Waals surface area contributed by atoms with Crippen molar-refractivity contribution >= 4 is 18.2 Å². The molecule has 0 atom stereocenters. The van der Waals surface area contributed by atoms with Crippen molar-refractivity contribution in [3.8, 4) is 0 Å². The van der Waals surface area contributed by atoms with E-state index in [-0.39, 0.29) is 12.7 Å². The molecule has 0 fully saturated rings. The minimum absolute atomic E-state index is 0.141. The van der Waals surface area contributed by atoms with Crippen LogP contribution >= 0.6 is 0 Å². The van der Waals surface area contributed by atoms with Crippen molar-refractivity contribution in [1.29, 1.82) is 0 Å². The third-order valence-electron chi connectivity index (χ3n) is 3.60. The number of alkyl halides is 1. The van der Waals surface area contributed by atoms with Crippen LogP contribution in [0.3, 0.4) is 0 Å². The smallest absolute Gasteiger partial charge is 0.324 e. The Bertz CT molecular complexity index is 614. The summed E-state index contributed by atoms with van der Waals surface area (Å²) >= 11 is 0. The summed E-state index contributed by atoms with van der Waals surface area (Å²) in [5.41, 5.74) is 4.29. The van der Waals surface area contributed by atoms with E-state index in [1.165, 1.54) is 11.0 Å². The second kappa shape index (κ2) is 9.96. The van der Waals surface area contributed by atoms with Crippen LogP contribution in [-0.4, -0.2) is 19.9 Å². The maximum atomic E-state index is 12.2. The Kier molecular flexibility index (Phi) is 8.27. The van der Waals surface area contributed by atoms with Crippen LogP contribution in [0.2, 0.25) is 6.82 Å². The molecule has 0 aromatic heterocycles. The first kappa shape index (κ1) is 19.1. The van der Waals surface area contributed by atoms with Crippen LogP contribution in [0, 0.1) is 0 Å². The third-order valence-corrected chi connectivity index (χ3v) is 3.60. The highest BCUT2D eigenvalue weighted by Gasteiger charge is 2.23. The topological polar surface area (TPSA) is 26.3 Å². The highest BCUT2D eigenvalue weighted by Crippen LogP contribution is 2.14. The summed E-state index contributed by atoms with van der Waals surface area (Å²) in [6.45, 7) is 6.87. The lowest BCUT2D eigenvalue weighted by atomic mass is 9.64. The summed E-state index contributed by atoms with van der Waals surface area (Å²) in [5.74, 6) is 0.159. The highest BCUT2D eigenvalue weighted by molar-refractivity contribution is 6.67. The van der Waals surface area contributed by atoms with Gasteiger partial charge in [0.15, 0.2) is 5.78 Å². The fraction of sp³-hybridized carbons (Fsp3) is 0.316. The van der Waals surface area contributed by atoms with E-state index in [0.717, 1.165) is 11.1 Å². The molecule has 0 amide bonds. The average molecular weight is 314 g/mol. The van der Waals surface area contributed by atoms with Gasteiger partial charge < -0.3 is 4.65 Å². The van der Waals surface area contributed by atoms with Gasteiger partial charge in [-0.05, 0) is 16.6 Å². The first-order valence-corrected chi connectivity index (χ1v) is 7.93. The molecule has 0 unspecified atom stereocenters. The molecule has 2 aromatic rings. The number of hydrogen-bond donors (Lipinski definition) is 0. The maximum absolute atomic E-state index is 12.2. The molecule has 2 aromatic carbocycles. The minimum Gasteiger partial charge on any atom is -0.427 e. The van der Waals surface area contributed by atoms with Gasteiger partial charge in [0.1, 0.15) is 0 Å². The summed E-state index contributed by atoms with van der Waals surface area (Å²) in [4.78, 5) is 12.2. The van der Waals surface area contributed by atoms with Gasteiger partial charge in [-0.2, -0.15) is 0 Å². The van der Waals surface area contributed by atoms with Crippen molar-refractivity contribution in [1.82, 2.24) is 0 Å². The third kappa shape index (κ3) is 5.03. The molecule has 4 heteroatoms. The van der Waals surface area contributed by atoms with Gasteiger partial charge in [0.2, 0.25) is 0 Å². The lowest BCUT2D eigenvalue weighted by molar-refractivity contribution is 0.0993. The molecular formula is C19H24BFO2. The Labute approximate surface area is 138 Å². The van der Waals surface area contributed by atoms with Crippen molar-refractivity contribution in [3.63, 3.8) is 0 Å². The van der Waals surface area contributed by atoms with E-state index in [2.05, 4.69) is 19.0 Å². The number of benzene rings is 2. The minimum atomic E-state index is 0.141. The van der Waals surface area contributed by atoms with Crippen LogP contribution in [0.25, 0.3) is 0 Å². The van der Waals surface area contributed by atoms with Crippen molar-refractivity contribution in [3.05, 3.63) is 65.2 Å². The van der Waals surface area contributed by atoms with Crippen LogP contribution in [0.1, 0.15) is 35.3 Å². The van der Waals surface area contributed by atoms with Gasteiger partial charge in [0.25, 0.3) is 0 Å². The van der Waals surface area contributed by atoms with Gasteiger partial charge >= 0.3 is 6.92 Å². The van der Waals surface area contributed by atoms with Gasteiger partial charge in [0, 0.05) is 12.0 Å². The molecule has 23 heavy (non-hydrogen) atoms. The van der Waals surface area contributed by atoms with Crippen molar-refractivity contribution < 1.29 is 13.8 Å². The molecule has 0 radical (unpaired) electrons. The Morgan fingerprint density at radius 1 is 1.13 bits per heavy atom. The number of carbonyl (C=O) groups is 1. The quantitative estimate of drug-likeness (QED) is 0.630.